The molecule has 1 saturated heterocycles. The molecule has 0 bridgehead atoms. The highest BCUT2D eigenvalue weighted by Crippen LogP contribution is 2.31. The lowest BCUT2D eigenvalue weighted by Crippen LogP contribution is -2.52. The van der Waals surface area contributed by atoms with Gasteiger partial charge < -0.3 is 20.1 Å². The van der Waals surface area contributed by atoms with E-state index in [0.717, 1.165) is 16.8 Å². The van der Waals surface area contributed by atoms with Crippen LogP contribution in [0.1, 0.15) is 33.4 Å². The Balaban J connectivity index is 1.48. The monoisotopic (exact) mass is 452 g/mol. The second-order valence-electron chi connectivity index (χ2n) is 8.00. The van der Waals surface area contributed by atoms with Crippen LogP contribution in [0.4, 0.5) is 10.1 Å². The standard InChI is InChI=1S/C24H25FN4O4/c1-15-11-20(27-28(15)2)24(32)26-19-9-5-17(6-10-19)23-21(13-30)29(22(31)14-33-23)12-16-3-7-18(25)8-4-16/h3-11,21,23,30H,12-14H2,1-2H3,(H,26,32)/t21-,23-/m1/s1. The molecule has 2 heterocycles. The number of halogens is 1. The molecular weight excluding hydrogens is 427 g/mol. The van der Waals surface area contributed by atoms with E-state index in [9.17, 15) is 19.1 Å². The van der Waals surface area contributed by atoms with Crippen LogP contribution in [0.25, 0.3) is 0 Å². The number of aliphatic hydroxyl groups excluding tert-OH is 1. The number of amides is 2. The first-order valence-electron chi connectivity index (χ1n) is 10.5. The van der Waals surface area contributed by atoms with E-state index < -0.39 is 12.1 Å². The number of aryl methyl sites for hydroxylation is 2. The average molecular weight is 452 g/mol. The first kappa shape index (κ1) is 22.6. The van der Waals surface area contributed by atoms with Gasteiger partial charge in [0.25, 0.3) is 5.91 Å². The summed E-state index contributed by atoms with van der Waals surface area (Å²) in [6, 6.07) is 14.1. The van der Waals surface area contributed by atoms with E-state index >= 15 is 0 Å². The predicted octanol–water partition coefficient (Wildman–Crippen LogP) is 2.58. The minimum absolute atomic E-state index is 0.125. The third-order valence-corrected chi connectivity index (χ3v) is 5.75. The molecule has 3 aromatic rings. The summed E-state index contributed by atoms with van der Waals surface area (Å²) in [6.45, 7) is 1.68. The number of hydrogen-bond acceptors (Lipinski definition) is 5. The molecule has 2 N–H and O–H groups in total. The summed E-state index contributed by atoms with van der Waals surface area (Å²) in [4.78, 5) is 26.5. The van der Waals surface area contributed by atoms with Crippen molar-refractivity contribution in [2.75, 3.05) is 18.5 Å². The molecular formula is C24H25FN4O4. The third-order valence-electron chi connectivity index (χ3n) is 5.75. The van der Waals surface area contributed by atoms with E-state index in [4.69, 9.17) is 4.74 Å². The highest BCUT2D eigenvalue weighted by atomic mass is 19.1. The van der Waals surface area contributed by atoms with E-state index in [1.807, 2.05) is 6.92 Å². The SMILES string of the molecule is Cc1cc(C(=O)Nc2ccc([C@H]3OCC(=O)N(Cc4ccc(F)cc4)[C@@H]3CO)cc2)nn1C. The first-order chi connectivity index (χ1) is 15.9. The maximum Gasteiger partial charge on any atom is 0.276 e. The van der Waals surface area contributed by atoms with Crippen molar-refractivity contribution < 1.29 is 23.8 Å². The quantitative estimate of drug-likeness (QED) is 0.599. The summed E-state index contributed by atoms with van der Waals surface area (Å²) in [5, 5.41) is 17.0. The summed E-state index contributed by atoms with van der Waals surface area (Å²) in [5.74, 6) is -0.914. The van der Waals surface area contributed by atoms with Gasteiger partial charge in [0.2, 0.25) is 5.91 Å². The van der Waals surface area contributed by atoms with E-state index in [0.29, 0.717) is 11.4 Å². The predicted molar refractivity (Wildman–Crippen MR) is 119 cm³/mol. The number of hydrogen-bond donors (Lipinski definition) is 2. The lowest BCUT2D eigenvalue weighted by atomic mass is 9.98. The molecule has 1 aromatic heterocycles. The Bertz CT molecular complexity index is 1120. The number of aliphatic hydroxyl groups is 1. The number of morpholine rings is 1. The zero-order chi connectivity index (χ0) is 23.5. The van der Waals surface area contributed by atoms with Crippen molar-refractivity contribution in [3.63, 3.8) is 0 Å². The topological polar surface area (TPSA) is 96.7 Å². The Morgan fingerprint density at radius 2 is 1.91 bits per heavy atom. The van der Waals surface area contributed by atoms with Crippen LogP contribution in [-0.2, 0) is 23.1 Å². The zero-order valence-electron chi connectivity index (χ0n) is 18.4. The molecule has 2 atom stereocenters. The number of nitrogens with zero attached hydrogens (tertiary/aromatic N) is 3. The van der Waals surface area contributed by atoms with Crippen LogP contribution in [0.3, 0.4) is 0 Å². The summed E-state index contributed by atoms with van der Waals surface area (Å²) < 4.78 is 20.6. The summed E-state index contributed by atoms with van der Waals surface area (Å²) in [5.41, 5.74) is 3.30. The normalized spacial score (nSPS) is 18.4. The molecule has 4 rings (SSSR count). The Labute approximate surface area is 190 Å². The van der Waals surface area contributed by atoms with Gasteiger partial charge in [0.05, 0.1) is 12.6 Å². The van der Waals surface area contributed by atoms with Gasteiger partial charge in [-0.3, -0.25) is 14.3 Å². The molecule has 9 heteroatoms. The van der Waals surface area contributed by atoms with Crippen LogP contribution in [0.2, 0.25) is 0 Å². The fourth-order valence-corrected chi connectivity index (χ4v) is 3.83. The van der Waals surface area contributed by atoms with Crippen LogP contribution in [0.15, 0.2) is 54.6 Å². The van der Waals surface area contributed by atoms with Crippen LogP contribution < -0.4 is 5.32 Å². The smallest absolute Gasteiger partial charge is 0.276 e. The Kier molecular flexibility index (Phi) is 6.52. The van der Waals surface area contributed by atoms with E-state index in [1.165, 1.54) is 12.1 Å². The fourth-order valence-electron chi connectivity index (χ4n) is 3.83. The molecule has 1 aliphatic rings. The van der Waals surface area contributed by atoms with Gasteiger partial charge in [0.15, 0.2) is 5.69 Å². The van der Waals surface area contributed by atoms with Crippen molar-refractivity contribution in [1.29, 1.82) is 0 Å². The van der Waals surface area contributed by atoms with Gasteiger partial charge in [-0.25, -0.2) is 4.39 Å². The molecule has 0 spiro atoms. The molecule has 0 radical (unpaired) electrons. The zero-order valence-corrected chi connectivity index (χ0v) is 18.4. The minimum Gasteiger partial charge on any atom is -0.394 e. The molecule has 1 aliphatic heterocycles. The van der Waals surface area contributed by atoms with Gasteiger partial charge in [-0.2, -0.15) is 5.10 Å². The lowest BCUT2D eigenvalue weighted by molar-refractivity contribution is -0.162. The molecule has 0 saturated carbocycles. The van der Waals surface area contributed by atoms with E-state index in [2.05, 4.69) is 10.4 Å². The van der Waals surface area contributed by atoms with Gasteiger partial charge in [-0.15, -0.1) is 0 Å². The maximum absolute atomic E-state index is 13.2. The maximum atomic E-state index is 13.2. The Morgan fingerprint density at radius 1 is 1.21 bits per heavy atom. The summed E-state index contributed by atoms with van der Waals surface area (Å²) in [7, 11) is 1.77. The number of aromatic nitrogens is 2. The Hall–Kier alpha value is -3.56. The van der Waals surface area contributed by atoms with Gasteiger partial charge >= 0.3 is 0 Å². The van der Waals surface area contributed by atoms with Crippen molar-refractivity contribution in [1.82, 2.24) is 14.7 Å². The molecule has 8 nitrogen and oxygen atoms in total. The number of nitrogens with one attached hydrogen (secondary N) is 1. The summed E-state index contributed by atoms with van der Waals surface area (Å²) >= 11 is 0. The van der Waals surface area contributed by atoms with Crippen molar-refractivity contribution in [3.05, 3.63) is 82.9 Å². The van der Waals surface area contributed by atoms with E-state index in [-0.39, 0.29) is 37.4 Å². The van der Waals surface area contributed by atoms with Crippen LogP contribution >= 0.6 is 0 Å². The highest BCUT2D eigenvalue weighted by molar-refractivity contribution is 6.02. The molecule has 2 amide bonds. The number of rotatable bonds is 6. The number of anilines is 1. The number of carbonyl (C=O) groups is 2. The molecule has 172 valence electrons. The van der Waals surface area contributed by atoms with E-state index in [1.54, 1.807) is 59.1 Å². The highest BCUT2D eigenvalue weighted by Gasteiger charge is 2.37. The molecule has 2 aromatic carbocycles. The van der Waals surface area contributed by atoms with Gasteiger partial charge in [-0.1, -0.05) is 24.3 Å². The molecule has 1 fully saturated rings. The van der Waals surface area contributed by atoms with Gasteiger partial charge in [0, 0.05) is 25.0 Å². The first-order valence-corrected chi connectivity index (χ1v) is 10.5. The summed E-state index contributed by atoms with van der Waals surface area (Å²) in [6.07, 6.45) is -0.545. The molecule has 0 unspecified atom stereocenters. The van der Waals surface area contributed by atoms with Gasteiger partial charge in [-0.05, 0) is 48.4 Å². The second kappa shape index (κ2) is 9.51. The Morgan fingerprint density at radius 3 is 2.52 bits per heavy atom. The third kappa shape index (κ3) is 4.94. The van der Waals surface area contributed by atoms with Crippen molar-refractivity contribution in [3.8, 4) is 0 Å². The van der Waals surface area contributed by atoms with Crippen molar-refractivity contribution >= 4 is 17.5 Å². The average Bonchev–Trinajstić information content (AvgIpc) is 3.15. The molecule has 33 heavy (non-hydrogen) atoms. The second-order valence-corrected chi connectivity index (χ2v) is 8.00. The van der Waals surface area contributed by atoms with Crippen LogP contribution in [0.5, 0.6) is 0 Å². The lowest BCUT2D eigenvalue weighted by Gasteiger charge is -2.40. The number of carbonyl (C=O) groups excluding carboxylic acids is 2. The van der Waals surface area contributed by atoms with Crippen LogP contribution in [-0.4, -0.2) is 50.9 Å². The van der Waals surface area contributed by atoms with Crippen molar-refractivity contribution in [2.45, 2.75) is 25.6 Å². The number of ether oxygens (including phenoxy) is 1. The van der Waals surface area contributed by atoms with Crippen molar-refractivity contribution in [2.24, 2.45) is 7.05 Å². The van der Waals surface area contributed by atoms with Gasteiger partial charge in [0.1, 0.15) is 18.5 Å². The number of benzene rings is 2. The van der Waals surface area contributed by atoms with Crippen LogP contribution in [0, 0.1) is 12.7 Å². The minimum atomic E-state index is -0.603. The fraction of sp³-hybridized carbons (Fsp3) is 0.292. The molecule has 0 aliphatic carbocycles. The largest absolute Gasteiger partial charge is 0.394 e.